The number of ether oxygens (including phenoxy) is 1. The Balaban J connectivity index is 1.95. The molecule has 2 rings (SSSR count). The van der Waals surface area contributed by atoms with Crippen LogP contribution in [0.3, 0.4) is 0 Å². The predicted molar refractivity (Wildman–Crippen MR) is 150 cm³/mol. The maximum Gasteiger partial charge on any atom is 0.519 e. The molecular weight excluding hydrogens is 592 g/mol. The summed E-state index contributed by atoms with van der Waals surface area (Å²) in [7, 11) is 2.76. The first-order chi connectivity index (χ1) is 20.3. The summed E-state index contributed by atoms with van der Waals surface area (Å²) < 4.78 is 15.0. The number of nitrogens with one attached hydrogen (secondary N) is 1. The smallest absolute Gasteiger partial charge is 0.492 e. The van der Waals surface area contributed by atoms with Gasteiger partial charge in [-0.05, 0) is 19.8 Å². The minimum atomic E-state index is -1.32. The summed E-state index contributed by atoms with van der Waals surface area (Å²) in [6.07, 6.45) is 0.600. The molecular formula is C26H36N4O12S. The molecule has 0 aliphatic carbocycles. The molecule has 0 fully saturated rings. The minimum absolute atomic E-state index is 0.0142. The number of aryl methyl sites for hydroxylation is 1. The number of likely N-dealkylation sites (N-methyl/N-ethyl adjacent to an activating group) is 2. The molecule has 1 atom stereocenters. The summed E-state index contributed by atoms with van der Waals surface area (Å²) in [4.78, 5) is 80.2. The van der Waals surface area contributed by atoms with Gasteiger partial charge in [0.15, 0.2) is 23.2 Å². The number of thioether (sulfide) groups is 1. The Morgan fingerprint density at radius 1 is 1.07 bits per heavy atom. The fourth-order valence-corrected chi connectivity index (χ4v) is 4.25. The van der Waals surface area contributed by atoms with Gasteiger partial charge in [-0.25, -0.2) is 14.4 Å². The molecule has 16 nitrogen and oxygen atoms in total. The SMILES string of the molecule is CC(=O)SCCCCCC(=O)N(C)[C@@H](CC(=O)On1c(O)ccc1O)C(=O)NCCN(C)C(=O)OCc1oc(=O)oc1C. The van der Waals surface area contributed by atoms with Crippen molar-refractivity contribution in [1.29, 1.82) is 0 Å². The van der Waals surface area contributed by atoms with Crippen molar-refractivity contribution in [2.75, 3.05) is 32.9 Å². The van der Waals surface area contributed by atoms with Crippen LogP contribution >= 0.6 is 11.8 Å². The first-order valence-electron chi connectivity index (χ1n) is 13.2. The van der Waals surface area contributed by atoms with Crippen LogP contribution in [0.2, 0.25) is 0 Å². The largest absolute Gasteiger partial charge is 0.519 e. The standard InChI is InChI=1S/C26H36N4O12S/c1-16-19(41-26(38)40-16)15-39-25(37)28(3)12-11-27-24(36)18(14-23(35)42-30-21(33)9-10-22(30)34)29(4)20(32)8-6-5-7-13-43-17(2)31/h9-10,18,33-34H,5-8,11-15H2,1-4H3,(H,27,36)/t18-/m0/s1. The molecule has 0 saturated heterocycles. The molecule has 0 bridgehead atoms. The summed E-state index contributed by atoms with van der Waals surface area (Å²) in [6, 6.07) is 0.855. The van der Waals surface area contributed by atoms with Crippen LogP contribution in [0, 0.1) is 6.92 Å². The molecule has 238 valence electrons. The van der Waals surface area contributed by atoms with Crippen LogP contribution in [0.5, 0.6) is 11.8 Å². The molecule has 2 aromatic heterocycles. The van der Waals surface area contributed by atoms with E-state index in [9.17, 15) is 39.0 Å². The van der Waals surface area contributed by atoms with Gasteiger partial charge in [-0.1, -0.05) is 18.2 Å². The van der Waals surface area contributed by atoms with Gasteiger partial charge in [-0.3, -0.25) is 14.4 Å². The van der Waals surface area contributed by atoms with E-state index < -0.39 is 53.9 Å². The van der Waals surface area contributed by atoms with Crippen molar-refractivity contribution in [2.24, 2.45) is 0 Å². The van der Waals surface area contributed by atoms with Gasteiger partial charge >= 0.3 is 17.9 Å². The van der Waals surface area contributed by atoms with E-state index in [1.165, 1.54) is 39.7 Å². The molecule has 0 unspecified atom stereocenters. The molecule has 0 aromatic carbocycles. The summed E-state index contributed by atoms with van der Waals surface area (Å²) in [6.45, 7) is 2.52. The number of aromatic hydroxyl groups is 2. The van der Waals surface area contributed by atoms with Gasteiger partial charge in [0.1, 0.15) is 6.04 Å². The lowest BCUT2D eigenvalue weighted by Gasteiger charge is -2.27. The quantitative estimate of drug-likeness (QED) is 0.223. The molecule has 0 radical (unpaired) electrons. The summed E-state index contributed by atoms with van der Waals surface area (Å²) in [5.74, 6) is -3.33. The lowest BCUT2D eigenvalue weighted by atomic mass is 10.1. The lowest BCUT2D eigenvalue weighted by Crippen LogP contribution is -2.50. The number of amides is 3. The summed E-state index contributed by atoms with van der Waals surface area (Å²) >= 11 is 1.20. The van der Waals surface area contributed by atoms with Crippen molar-refractivity contribution in [2.45, 2.75) is 58.6 Å². The molecule has 0 aliphatic heterocycles. The molecule has 43 heavy (non-hydrogen) atoms. The average Bonchev–Trinajstić information content (AvgIpc) is 3.44. The van der Waals surface area contributed by atoms with Gasteiger partial charge in [0.2, 0.25) is 23.6 Å². The van der Waals surface area contributed by atoms with E-state index in [1.54, 1.807) is 0 Å². The highest BCUT2D eigenvalue weighted by Crippen LogP contribution is 2.19. The zero-order valence-corrected chi connectivity index (χ0v) is 25.1. The number of hydrogen-bond donors (Lipinski definition) is 3. The fraction of sp³-hybridized carbons (Fsp3) is 0.538. The maximum atomic E-state index is 13.1. The molecule has 0 saturated carbocycles. The Hall–Kier alpha value is -4.41. The van der Waals surface area contributed by atoms with E-state index in [0.29, 0.717) is 23.3 Å². The van der Waals surface area contributed by atoms with Crippen LogP contribution in [0.25, 0.3) is 0 Å². The van der Waals surface area contributed by atoms with Crippen molar-refractivity contribution < 1.29 is 52.6 Å². The van der Waals surface area contributed by atoms with Crippen LogP contribution in [0.4, 0.5) is 4.79 Å². The van der Waals surface area contributed by atoms with E-state index in [0.717, 1.165) is 28.4 Å². The van der Waals surface area contributed by atoms with Crippen molar-refractivity contribution in [3.63, 3.8) is 0 Å². The zero-order valence-electron chi connectivity index (χ0n) is 24.3. The fourth-order valence-electron chi connectivity index (χ4n) is 3.62. The third kappa shape index (κ3) is 11.4. The van der Waals surface area contributed by atoms with Gasteiger partial charge in [-0.15, -0.1) is 4.73 Å². The number of carbonyl (C=O) groups is 5. The molecule has 0 aliphatic rings. The first kappa shape index (κ1) is 34.8. The highest BCUT2D eigenvalue weighted by atomic mass is 32.2. The topological polar surface area (TPSA) is 211 Å². The first-order valence-corrected chi connectivity index (χ1v) is 14.2. The van der Waals surface area contributed by atoms with Gasteiger partial charge in [0, 0.05) is 58.4 Å². The molecule has 17 heteroatoms. The predicted octanol–water partition coefficient (Wildman–Crippen LogP) is 1.15. The van der Waals surface area contributed by atoms with Crippen LogP contribution in [0.1, 0.15) is 50.5 Å². The van der Waals surface area contributed by atoms with Gasteiger partial charge in [-0.2, -0.15) is 0 Å². The van der Waals surface area contributed by atoms with E-state index in [1.807, 2.05) is 0 Å². The van der Waals surface area contributed by atoms with E-state index in [-0.39, 0.29) is 42.8 Å². The summed E-state index contributed by atoms with van der Waals surface area (Å²) in [5.41, 5.74) is 0. The molecule has 3 N–H and O–H groups in total. The Morgan fingerprint density at radius 3 is 2.35 bits per heavy atom. The van der Waals surface area contributed by atoms with Crippen molar-refractivity contribution in [3.05, 3.63) is 34.3 Å². The number of carbonyl (C=O) groups excluding carboxylic acids is 5. The molecule has 2 heterocycles. The van der Waals surface area contributed by atoms with E-state index in [2.05, 4.69) is 5.32 Å². The van der Waals surface area contributed by atoms with Crippen molar-refractivity contribution >= 4 is 40.8 Å². The number of hydrogen-bond acceptors (Lipinski definition) is 13. The molecule has 3 amide bonds. The third-order valence-electron chi connectivity index (χ3n) is 6.08. The molecule has 0 spiro atoms. The van der Waals surface area contributed by atoms with Crippen LogP contribution in [-0.2, 0) is 30.5 Å². The van der Waals surface area contributed by atoms with Gasteiger partial charge in [0.25, 0.3) is 0 Å². The Kier molecular flexibility index (Phi) is 13.7. The van der Waals surface area contributed by atoms with Gasteiger partial charge < -0.3 is 43.7 Å². The number of rotatable bonds is 16. The minimum Gasteiger partial charge on any atom is -0.492 e. The lowest BCUT2D eigenvalue weighted by molar-refractivity contribution is -0.151. The van der Waals surface area contributed by atoms with E-state index in [4.69, 9.17) is 18.4 Å². The van der Waals surface area contributed by atoms with Crippen LogP contribution in [-0.4, -0.2) is 92.7 Å². The Bertz CT molecular complexity index is 1310. The number of aromatic nitrogens is 1. The number of nitrogens with zero attached hydrogens (tertiary/aromatic N) is 3. The highest BCUT2D eigenvalue weighted by molar-refractivity contribution is 8.13. The second-order valence-corrected chi connectivity index (χ2v) is 10.7. The normalized spacial score (nSPS) is 11.4. The van der Waals surface area contributed by atoms with E-state index >= 15 is 0 Å². The van der Waals surface area contributed by atoms with Crippen molar-refractivity contribution in [1.82, 2.24) is 19.8 Å². The number of unbranched alkanes of at least 4 members (excludes halogenated alkanes) is 2. The average molecular weight is 629 g/mol. The van der Waals surface area contributed by atoms with Crippen molar-refractivity contribution in [3.8, 4) is 11.8 Å². The Labute approximate surface area is 250 Å². The second-order valence-electron chi connectivity index (χ2n) is 9.38. The zero-order chi connectivity index (χ0) is 32.1. The summed E-state index contributed by atoms with van der Waals surface area (Å²) in [5, 5.41) is 22.1. The maximum absolute atomic E-state index is 13.1. The third-order valence-corrected chi connectivity index (χ3v) is 6.97. The van der Waals surface area contributed by atoms with Gasteiger partial charge in [0.05, 0.1) is 6.42 Å². The Morgan fingerprint density at radius 2 is 1.74 bits per heavy atom. The highest BCUT2D eigenvalue weighted by Gasteiger charge is 2.30. The monoisotopic (exact) mass is 628 g/mol. The van der Waals surface area contributed by atoms with Crippen LogP contribution < -0.4 is 16.0 Å². The second kappa shape index (κ2) is 16.9. The molecule has 2 aromatic rings. The van der Waals surface area contributed by atoms with Crippen LogP contribution in [0.15, 0.2) is 25.8 Å².